The fourth-order valence-electron chi connectivity index (χ4n) is 1.16. The van der Waals surface area contributed by atoms with Crippen LogP contribution in [0.1, 0.15) is 22.8 Å². The molecule has 0 aliphatic carbocycles. The molecule has 4 heteroatoms. The van der Waals surface area contributed by atoms with Crippen molar-refractivity contribution in [2.24, 2.45) is 0 Å². The van der Waals surface area contributed by atoms with E-state index in [0.29, 0.717) is 11.1 Å². The molecule has 0 unspecified atom stereocenters. The Balaban J connectivity index is 2.95. The van der Waals surface area contributed by atoms with Crippen LogP contribution in [-0.2, 0) is 15.4 Å². The third kappa shape index (κ3) is 2.80. The van der Waals surface area contributed by atoms with Crippen molar-refractivity contribution in [3.8, 4) is 0 Å². The maximum Gasteiger partial charge on any atom is 0.379 e. The third-order valence-electron chi connectivity index (χ3n) is 1.87. The molecule has 0 fully saturated rings. The first-order valence-electron chi connectivity index (χ1n) is 4.56. The maximum atomic E-state index is 11.6. The zero-order valence-corrected chi connectivity index (χ0v) is 9.08. The van der Waals surface area contributed by atoms with E-state index in [9.17, 15) is 9.59 Å². The Bertz CT molecular complexity index is 374. The number of hydrogen-bond acceptors (Lipinski definition) is 3. The second kappa shape index (κ2) is 5.51. The summed E-state index contributed by atoms with van der Waals surface area (Å²) in [4.78, 5) is 22.8. The van der Waals surface area contributed by atoms with Crippen LogP contribution in [0, 0.1) is 0 Å². The minimum atomic E-state index is -0.838. The van der Waals surface area contributed by atoms with Gasteiger partial charge in [0.2, 0.25) is 0 Å². The molecule has 0 aliphatic heterocycles. The van der Waals surface area contributed by atoms with Crippen molar-refractivity contribution in [1.29, 1.82) is 0 Å². The molecule has 0 radical (unpaired) electrons. The van der Waals surface area contributed by atoms with Gasteiger partial charge in [-0.3, -0.25) is 4.79 Å². The predicted molar refractivity (Wildman–Crippen MR) is 57.0 cm³/mol. The van der Waals surface area contributed by atoms with Crippen molar-refractivity contribution in [2.45, 2.75) is 12.8 Å². The molecule has 0 bridgehead atoms. The molecule has 0 N–H and O–H groups in total. The summed E-state index contributed by atoms with van der Waals surface area (Å²) in [6.07, 6.45) is 0. The molecule has 0 aliphatic rings. The van der Waals surface area contributed by atoms with Crippen molar-refractivity contribution in [2.75, 3.05) is 6.61 Å². The number of ether oxygens (including phenoxy) is 1. The van der Waals surface area contributed by atoms with Gasteiger partial charge in [-0.05, 0) is 12.5 Å². The highest BCUT2D eigenvalue weighted by atomic mass is 35.5. The lowest BCUT2D eigenvalue weighted by Crippen LogP contribution is -2.18. The maximum absolute atomic E-state index is 11.6. The Hall–Kier alpha value is -1.35. The number of halogens is 1. The number of Topliss-reactive ketones (excluding diaryl/α,β-unsaturated/α-hetero) is 1. The molecule has 0 amide bonds. The fraction of sp³-hybridized carbons (Fsp3) is 0.273. The van der Waals surface area contributed by atoms with Crippen LogP contribution in [0.15, 0.2) is 24.3 Å². The van der Waals surface area contributed by atoms with E-state index < -0.39 is 11.8 Å². The van der Waals surface area contributed by atoms with E-state index in [2.05, 4.69) is 4.74 Å². The van der Waals surface area contributed by atoms with Crippen LogP contribution in [0.3, 0.4) is 0 Å². The average Bonchev–Trinajstić information content (AvgIpc) is 2.28. The van der Waals surface area contributed by atoms with E-state index in [4.69, 9.17) is 11.6 Å². The molecule has 0 atom stereocenters. The Morgan fingerprint density at radius 3 is 2.60 bits per heavy atom. The number of benzene rings is 1. The standard InChI is InChI=1S/C11H11ClO3/c1-2-15-11(14)10(13)9-6-4-3-5-8(9)7-12/h3-6H,2,7H2,1H3. The summed E-state index contributed by atoms with van der Waals surface area (Å²) in [5.41, 5.74) is 0.947. The predicted octanol–water partition coefficient (Wildman–Crippen LogP) is 2.17. The van der Waals surface area contributed by atoms with Crippen LogP contribution in [0.4, 0.5) is 0 Å². The Kier molecular flexibility index (Phi) is 4.31. The Morgan fingerprint density at radius 2 is 2.00 bits per heavy atom. The number of carbonyl (C=O) groups excluding carboxylic acids is 2. The molecule has 1 rings (SSSR count). The summed E-state index contributed by atoms with van der Waals surface area (Å²) in [7, 11) is 0. The highest BCUT2D eigenvalue weighted by Gasteiger charge is 2.19. The normalized spacial score (nSPS) is 9.73. The second-order valence-corrected chi connectivity index (χ2v) is 3.11. The van der Waals surface area contributed by atoms with Gasteiger partial charge >= 0.3 is 5.97 Å². The first-order chi connectivity index (χ1) is 7.20. The van der Waals surface area contributed by atoms with Gasteiger partial charge in [-0.2, -0.15) is 0 Å². The van der Waals surface area contributed by atoms with Gasteiger partial charge in [-0.25, -0.2) is 4.79 Å². The van der Waals surface area contributed by atoms with Crippen LogP contribution in [-0.4, -0.2) is 18.4 Å². The molecule has 1 aromatic carbocycles. The van der Waals surface area contributed by atoms with E-state index in [0.717, 1.165) is 0 Å². The SMILES string of the molecule is CCOC(=O)C(=O)c1ccccc1CCl. The summed E-state index contributed by atoms with van der Waals surface area (Å²) in [5.74, 6) is -1.29. The van der Waals surface area contributed by atoms with Gasteiger partial charge in [0.05, 0.1) is 6.61 Å². The molecular weight excluding hydrogens is 216 g/mol. The van der Waals surface area contributed by atoms with Crippen molar-refractivity contribution in [3.63, 3.8) is 0 Å². The van der Waals surface area contributed by atoms with E-state index in [1.165, 1.54) is 0 Å². The number of hydrogen-bond donors (Lipinski definition) is 0. The summed E-state index contributed by atoms with van der Waals surface area (Å²) < 4.78 is 4.63. The number of carbonyl (C=O) groups is 2. The van der Waals surface area contributed by atoms with Gasteiger partial charge in [-0.15, -0.1) is 11.6 Å². The molecule has 0 saturated carbocycles. The quantitative estimate of drug-likeness (QED) is 0.342. The minimum absolute atomic E-state index is 0.188. The summed E-state index contributed by atoms with van der Waals surface area (Å²) >= 11 is 5.65. The van der Waals surface area contributed by atoms with Crippen LogP contribution in [0.25, 0.3) is 0 Å². The van der Waals surface area contributed by atoms with Crippen LogP contribution >= 0.6 is 11.6 Å². The lowest BCUT2D eigenvalue weighted by atomic mass is 10.1. The molecule has 0 saturated heterocycles. The highest BCUT2D eigenvalue weighted by Crippen LogP contribution is 2.12. The smallest absolute Gasteiger partial charge is 0.379 e. The number of alkyl halides is 1. The molecule has 1 aromatic rings. The van der Waals surface area contributed by atoms with Crippen LogP contribution < -0.4 is 0 Å². The summed E-state index contributed by atoms with van der Waals surface area (Å²) in [6.45, 7) is 1.84. The van der Waals surface area contributed by atoms with Gasteiger partial charge in [0.25, 0.3) is 5.78 Å². The first-order valence-corrected chi connectivity index (χ1v) is 5.09. The lowest BCUT2D eigenvalue weighted by Gasteiger charge is -2.04. The van der Waals surface area contributed by atoms with Crippen molar-refractivity contribution in [1.82, 2.24) is 0 Å². The molecule has 3 nitrogen and oxygen atoms in total. The molecule has 0 heterocycles. The Labute approximate surface area is 93.0 Å². The minimum Gasteiger partial charge on any atom is -0.460 e. The van der Waals surface area contributed by atoms with Gasteiger partial charge < -0.3 is 4.74 Å². The molecule has 0 spiro atoms. The topological polar surface area (TPSA) is 43.4 Å². The number of esters is 1. The monoisotopic (exact) mass is 226 g/mol. The summed E-state index contributed by atoms with van der Waals surface area (Å²) in [6, 6.07) is 6.72. The van der Waals surface area contributed by atoms with E-state index in [-0.39, 0.29) is 12.5 Å². The van der Waals surface area contributed by atoms with E-state index in [1.807, 2.05) is 0 Å². The third-order valence-corrected chi connectivity index (χ3v) is 2.15. The zero-order valence-electron chi connectivity index (χ0n) is 8.33. The van der Waals surface area contributed by atoms with E-state index in [1.54, 1.807) is 31.2 Å². The molecule has 15 heavy (non-hydrogen) atoms. The largest absolute Gasteiger partial charge is 0.460 e. The number of ketones is 1. The summed E-state index contributed by atoms with van der Waals surface area (Å²) in [5, 5.41) is 0. The van der Waals surface area contributed by atoms with Crippen LogP contribution in [0.5, 0.6) is 0 Å². The van der Waals surface area contributed by atoms with Gasteiger partial charge in [0.1, 0.15) is 0 Å². The first kappa shape index (κ1) is 11.7. The van der Waals surface area contributed by atoms with Crippen molar-refractivity contribution in [3.05, 3.63) is 35.4 Å². The second-order valence-electron chi connectivity index (χ2n) is 2.84. The van der Waals surface area contributed by atoms with Gasteiger partial charge in [0, 0.05) is 11.4 Å². The fourth-order valence-corrected chi connectivity index (χ4v) is 1.40. The zero-order chi connectivity index (χ0) is 11.3. The van der Waals surface area contributed by atoms with Crippen LogP contribution in [0.2, 0.25) is 0 Å². The van der Waals surface area contributed by atoms with Gasteiger partial charge in [-0.1, -0.05) is 24.3 Å². The highest BCUT2D eigenvalue weighted by molar-refractivity contribution is 6.41. The molecule has 0 aromatic heterocycles. The average molecular weight is 227 g/mol. The van der Waals surface area contributed by atoms with Gasteiger partial charge in [0.15, 0.2) is 0 Å². The lowest BCUT2D eigenvalue weighted by molar-refractivity contribution is -0.137. The Morgan fingerprint density at radius 1 is 1.33 bits per heavy atom. The van der Waals surface area contributed by atoms with E-state index >= 15 is 0 Å². The number of rotatable bonds is 4. The van der Waals surface area contributed by atoms with Crippen molar-refractivity contribution >= 4 is 23.4 Å². The molecular formula is C11H11ClO3. The molecule has 80 valence electrons. The van der Waals surface area contributed by atoms with Crippen molar-refractivity contribution < 1.29 is 14.3 Å².